The summed E-state index contributed by atoms with van der Waals surface area (Å²) in [5, 5.41) is 12.5. The lowest BCUT2D eigenvalue weighted by atomic mass is 9.79. The molecule has 1 N–H and O–H groups in total. The van der Waals surface area contributed by atoms with Crippen molar-refractivity contribution in [2.45, 2.75) is 116 Å². The third-order valence-electron chi connectivity index (χ3n) is 23.0. The van der Waals surface area contributed by atoms with Gasteiger partial charge in [0.25, 0.3) is 17.7 Å². The van der Waals surface area contributed by atoms with Crippen LogP contribution in [-0.4, -0.2) is 271 Å². The van der Waals surface area contributed by atoms with Crippen molar-refractivity contribution in [1.82, 2.24) is 29.4 Å². The third-order valence-corrected chi connectivity index (χ3v) is 29.4. The van der Waals surface area contributed by atoms with Gasteiger partial charge in [-0.05, 0) is 160 Å². The topological polar surface area (TPSA) is 312 Å². The van der Waals surface area contributed by atoms with Gasteiger partial charge in [-0.25, -0.2) is 14.4 Å². The summed E-state index contributed by atoms with van der Waals surface area (Å²) in [6, 6.07) is 49.1. The first-order valence-electron chi connectivity index (χ1n) is 43.0. The number of nitrogens with zero attached hydrogens (tertiary/aromatic N) is 6. The number of carbonyl (C=O) groups excluding carboxylic acids is 10. The molecule has 6 saturated heterocycles. The molecule has 6 aromatic rings. The molecular formula is C96H115N6O22PSi2. The van der Waals surface area contributed by atoms with Gasteiger partial charge in [0.2, 0.25) is 17.7 Å². The Morgan fingerprint density at radius 2 is 0.795 bits per heavy atom. The van der Waals surface area contributed by atoms with Gasteiger partial charge < -0.3 is 86.0 Å². The molecule has 0 spiro atoms. The van der Waals surface area contributed by atoms with Crippen molar-refractivity contribution in [3.05, 3.63) is 230 Å². The van der Waals surface area contributed by atoms with E-state index in [4.69, 9.17) is 51.5 Å². The van der Waals surface area contributed by atoms with E-state index in [1.807, 2.05) is 117 Å². The Morgan fingerprint density at radius 1 is 0.457 bits per heavy atom. The van der Waals surface area contributed by atoms with Gasteiger partial charge in [-0.3, -0.25) is 33.6 Å². The zero-order chi connectivity index (χ0) is 90.9. The minimum atomic E-state index is -3.19. The SMILES string of the molecule is C=CCOC(=O)C(N1C(=O)[C@H]([C@@H](C)O[Si](C)(C)C)[C@H]1CC(=O)c1ccc(OCC(=O)N2CCOCC2)cc1)=P(c1ccccc1)(c1ccccc1)c1ccccc1.C=CCOC(=O)C1=C(c2ccc(OCC(=O)N3CCOCC3)cc2)C[C@@H]2[C@@H]([C@@H](C)O)C(=O)N12.C=CCOC(=O)C1=C(c2ccc(OCC(=O)N3CCOCC3)cc2)C[C@@H]2[C@@H]([C@@H](C)O[Si](C)(C)C)C(=O)N12. The fourth-order valence-electron chi connectivity index (χ4n) is 17.3. The molecule has 14 rings (SSSR count). The second-order valence-corrected chi connectivity index (χ2v) is 46.0. The van der Waals surface area contributed by atoms with Gasteiger partial charge in [-0.15, -0.1) is 0 Å². The number of morpholine rings is 3. The summed E-state index contributed by atoms with van der Waals surface area (Å²) in [7, 11) is -3.99. The molecular weight excluding hydrogens is 1680 g/mol. The van der Waals surface area contributed by atoms with E-state index in [-0.39, 0.29) is 128 Å². The number of rotatable bonds is 34. The molecule has 9 atom stereocenters. The number of hydrogen-bond acceptors (Lipinski definition) is 22. The van der Waals surface area contributed by atoms with Gasteiger partial charge >= 0.3 is 17.9 Å². The Bertz CT molecular complexity index is 5000. The van der Waals surface area contributed by atoms with Crippen LogP contribution in [-0.2, 0) is 80.4 Å². The maximum atomic E-state index is 14.9. The number of benzene rings is 6. The maximum Gasteiger partial charge on any atom is 0.356 e. The second kappa shape index (κ2) is 43.1. The lowest BCUT2D eigenvalue weighted by molar-refractivity contribution is -0.162. The van der Waals surface area contributed by atoms with Crippen LogP contribution < -0.4 is 30.1 Å². The standard InChI is InChI=1S/C45H51N2O8PSi.C27H36N2O7Si.C24H28N2O7/c1-6-28-53-45(51)44(56(36-16-10-7-11-17-36,37-18-12-8-13-19-37)38-20-14-9-15-21-38)47-39(42(43(47)50)33(2)55-57(3,4)5)31-40(48)34-22-24-35(25-23-34)54-32-41(49)46-26-29-52-30-27-46;1-6-13-34-27(32)25-21(16-22-24(26(31)29(22)25)18(2)36-37(3,4)5)19-7-9-20(10-8-19)35-17-23(30)28-11-14-33-15-12-28;1-3-10-32-24(30)22-18(13-19-21(15(2)27)23(29)26(19)22)16-4-6-17(7-5-16)33-14-20(28)25-8-11-31-12-9-25/h6-25,33,39,42H,1,26-32H2,2-5H3;6-10,18,22,24H,1,11-17H2,2-5H3;3-7,15,19,21,27H,1,8-14H2,2H3/t33-,39-,42-;18-,22-,24-;15-,19-,21-/m111/s1. The molecule has 31 heteroatoms. The van der Waals surface area contributed by atoms with Gasteiger partial charge in [0.05, 0.1) is 93.8 Å². The molecule has 0 unspecified atom stereocenters. The Morgan fingerprint density at radius 3 is 1.15 bits per heavy atom. The van der Waals surface area contributed by atoms with Gasteiger partial charge in [0.1, 0.15) is 53.9 Å². The number of aliphatic hydroxyl groups excluding tert-OH is 1. The number of amides is 6. The van der Waals surface area contributed by atoms with Gasteiger partial charge in [-0.2, -0.15) is 0 Å². The normalized spacial score (nSPS) is 20.4. The van der Waals surface area contributed by atoms with Crippen LogP contribution in [0.3, 0.4) is 0 Å². The molecule has 28 nitrogen and oxygen atoms in total. The number of ether oxygens (including phenoxy) is 9. The number of likely N-dealkylation sites (tertiary alicyclic amines) is 1. The van der Waals surface area contributed by atoms with Crippen LogP contribution in [0.1, 0.15) is 61.5 Å². The van der Waals surface area contributed by atoms with Gasteiger partial charge in [-0.1, -0.05) is 153 Å². The molecule has 0 aliphatic carbocycles. The number of hydrogen-bond donors (Lipinski definition) is 1. The first-order chi connectivity index (χ1) is 61.0. The van der Waals surface area contributed by atoms with Crippen LogP contribution >= 0.6 is 6.89 Å². The lowest BCUT2D eigenvalue weighted by Gasteiger charge is -2.52. The number of Topliss-reactive ketones (excluding diaryl/α,β-unsaturated/α-hetero) is 1. The lowest BCUT2D eigenvalue weighted by Crippen LogP contribution is -2.69. The van der Waals surface area contributed by atoms with E-state index in [9.17, 15) is 53.1 Å². The number of carbonyl (C=O) groups is 10. The molecule has 8 aliphatic rings. The van der Waals surface area contributed by atoms with Crippen molar-refractivity contribution in [3.8, 4) is 17.2 Å². The van der Waals surface area contributed by atoms with Crippen LogP contribution in [0.25, 0.3) is 11.1 Å². The smallest absolute Gasteiger partial charge is 0.356 e. The fraction of sp³-hybridized carbons (Fsp3) is 0.406. The zero-order valence-electron chi connectivity index (χ0n) is 73.6. The van der Waals surface area contributed by atoms with E-state index in [1.54, 1.807) is 92.1 Å². The number of aliphatic hydroxyl groups is 1. The minimum absolute atomic E-state index is 0.0338. The first kappa shape index (κ1) is 94.9. The number of esters is 3. The molecule has 0 aromatic heterocycles. The van der Waals surface area contributed by atoms with Crippen LogP contribution in [0.4, 0.5) is 0 Å². The van der Waals surface area contributed by atoms with Crippen LogP contribution in [0, 0.1) is 17.8 Å². The van der Waals surface area contributed by atoms with Crippen molar-refractivity contribution >= 4 is 115 Å². The van der Waals surface area contributed by atoms with Crippen molar-refractivity contribution in [2.75, 3.05) is 119 Å². The van der Waals surface area contributed by atoms with Crippen molar-refractivity contribution in [2.24, 2.45) is 17.8 Å². The average molecular weight is 1790 g/mol. The molecule has 6 amide bonds. The molecule has 0 bridgehead atoms. The summed E-state index contributed by atoms with van der Waals surface area (Å²) in [5.74, 6) is -3.05. The molecule has 674 valence electrons. The Kier molecular flexibility index (Phi) is 32.2. The third kappa shape index (κ3) is 22.3. The minimum Gasteiger partial charge on any atom is -0.484 e. The van der Waals surface area contributed by atoms with Crippen molar-refractivity contribution in [1.29, 1.82) is 0 Å². The average Bonchev–Trinajstić information content (AvgIpc) is 1.20. The van der Waals surface area contributed by atoms with E-state index in [1.165, 1.54) is 23.1 Å². The highest BCUT2D eigenvalue weighted by atomic mass is 31.2. The summed E-state index contributed by atoms with van der Waals surface area (Å²) in [4.78, 5) is 143. The largest absolute Gasteiger partial charge is 0.484 e. The maximum absolute atomic E-state index is 14.9. The highest BCUT2D eigenvalue weighted by molar-refractivity contribution is 7.96. The Labute approximate surface area is 744 Å². The summed E-state index contributed by atoms with van der Waals surface area (Å²) in [6.45, 7) is 31.8. The highest BCUT2D eigenvalue weighted by Gasteiger charge is 2.60. The molecule has 6 fully saturated rings. The first-order valence-corrected chi connectivity index (χ1v) is 51.6. The summed E-state index contributed by atoms with van der Waals surface area (Å²) >= 11 is 0. The Hall–Kier alpha value is -11.2. The quantitative estimate of drug-likeness (QED) is 0.00748. The molecule has 0 radical (unpaired) electrons. The molecule has 8 aliphatic heterocycles. The fourth-order valence-corrected chi connectivity index (χ4v) is 24.2. The molecule has 6 aromatic carbocycles. The number of β-lactam (4-membered cyclic amide) rings is 3. The zero-order valence-corrected chi connectivity index (χ0v) is 76.5. The predicted molar refractivity (Wildman–Crippen MR) is 485 cm³/mol. The van der Waals surface area contributed by atoms with Crippen LogP contribution in [0.2, 0.25) is 39.3 Å². The molecule has 127 heavy (non-hydrogen) atoms. The highest BCUT2D eigenvalue weighted by Crippen LogP contribution is 2.53. The van der Waals surface area contributed by atoms with E-state index in [0.29, 0.717) is 120 Å². The molecule has 8 heterocycles. The van der Waals surface area contributed by atoms with E-state index < -0.39 is 71.5 Å². The Balaban J connectivity index is 0.000000182. The summed E-state index contributed by atoms with van der Waals surface area (Å²) in [6.07, 6.45) is 3.79. The second-order valence-electron chi connectivity index (χ2n) is 33.8. The van der Waals surface area contributed by atoms with E-state index >= 15 is 0 Å². The van der Waals surface area contributed by atoms with Crippen molar-refractivity contribution in [3.63, 3.8) is 0 Å². The van der Waals surface area contributed by atoms with E-state index in [0.717, 1.165) is 32.6 Å². The van der Waals surface area contributed by atoms with Gasteiger partial charge in [0.15, 0.2) is 42.2 Å². The summed E-state index contributed by atoms with van der Waals surface area (Å²) < 4.78 is 62.2. The monoisotopic (exact) mass is 1790 g/mol. The van der Waals surface area contributed by atoms with Gasteiger partial charge in [0, 0.05) is 58.1 Å². The van der Waals surface area contributed by atoms with E-state index in [2.05, 4.69) is 59.0 Å². The molecule has 0 saturated carbocycles. The van der Waals surface area contributed by atoms with Crippen LogP contribution in [0.15, 0.2) is 213 Å². The predicted octanol–water partition coefficient (Wildman–Crippen LogP) is 9.23. The van der Waals surface area contributed by atoms with Crippen molar-refractivity contribution < 1.29 is 105 Å². The van der Waals surface area contributed by atoms with Crippen LogP contribution in [0.5, 0.6) is 17.2 Å². The number of fused-ring (bicyclic) bond motifs is 2. The number of ketones is 1. The summed E-state index contributed by atoms with van der Waals surface area (Å²) in [5.41, 5.74) is 4.08.